The molecule has 5 rings (SSSR count). The third kappa shape index (κ3) is 18.7. The number of hydrogen-bond donors (Lipinski definition) is 0. The van der Waals surface area contributed by atoms with Gasteiger partial charge in [-0.15, -0.1) is 0 Å². The molecule has 325 valence electrons. The number of unbranched alkanes of at least 4 members (excludes halogenated alkanes) is 17. The summed E-state index contributed by atoms with van der Waals surface area (Å²) in [5.41, 5.74) is 12.2. The van der Waals surface area contributed by atoms with Crippen molar-refractivity contribution in [1.82, 2.24) is 4.98 Å². The Balaban J connectivity index is 0.000000537. The molecule has 1 aromatic heterocycles. The normalized spacial score (nSPS) is 11.6. The van der Waals surface area contributed by atoms with Gasteiger partial charge in [0.1, 0.15) is 5.75 Å². The van der Waals surface area contributed by atoms with Crippen molar-refractivity contribution >= 4 is 21.7 Å². The number of benzene rings is 4. The monoisotopic (exact) mass is 857 g/mol. The van der Waals surface area contributed by atoms with Crippen molar-refractivity contribution in [3.05, 3.63) is 132 Å². The van der Waals surface area contributed by atoms with Crippen LogP contribution >= 0.6 is 0 Å². The van der Waals surface area contributed by atoms with Crippen LogP contribution in [0.2, 0.25) is 0 Å². The molecule has 0 saturated carbocycles. The van der Waals surface area contributed by atoms with Crippen LogP contribution in [-0.4, -0.2) is 21.9 Å². The zero-order chi connectivity index (χ0) is 43.5. The molecular weight excluding hydrogens is 783 g/mol. The fraction of sp³-hybridized carbons (Fsp3) is 0.446. The number of aryl methyl sites for hydroxylation is 3. The van der Waals surface area contributed by atoms with Gasteiger partial charge in [0, 0.05) is 34.8 Å². The maximum atomic E-state index is 6.69. The third-order valence-corrected chi connectivity index (χ3v) is 11.4. The fourth-order valence-electron chi connectivity index (χ4n) is 8.02. The standard InChI is InChI=1S/C45H60N2O.C11H14N.Cr/c1-3-4-5-6-7-8-9-10-11-12-13-14-15-16-17-18-19-26-34-48-45-43(39-28-22-20-23-29-39)35-42(36-44(45)40-30-24-21-25-31-40)47-38(2)41-32-27-33-46-37-41;1-5-12-11-9(3)6-8(2)7-10(11)4;/h20-25,27-33,35-37H,3-19,26,34H2,1-2H3;6-7H,1-4H3;. The van der Waals surface area contributed by atoms with E-state index in [-0.39, 0.29) is 0 Å². The summed E-state index contributed by atoms with van der Waals surface area (Å²) in [4.78, 5) is 13.8. The predicted molar refractivity (Wildman–Crippen MR) is 261 cm³/mol. The van der Waals surface area contributed by atoms with Crippen LogP contribution in [0.4, 0.5) is 11.4 Å². The number of aliphatic imine (C=N–C) groups is 2. The number of rotatable bonds is 25. The SMILES string of the molecule is CCCCCCCCCCCCCCCCCCCCOc1c(-c2ccccc2)cc(N=C(C)c2cccnc2)cc1-c1ccccc1.C[C]([Cr])=Nc1c(C)cc(C)cc1C. The predicted octanol–water partition coefficient (Wildman–Crippen LogP) is 17.2. The number of pyridine rings is 1. The van der Waals surface area contributed by atoms with Crippen LogP contribution in [0.3, 0.4) is 0 Å². The van der Waals surface area contributed by atoms with E-state index in [1.54, 1.807) is 6.20 Å². The summed E-state index contributed by atoms with van der Waals surface area (Å²) in [6, 6.07) is 33.8. The van der Waals surface area contributed by atoms with Crippen LogP contribution in [0.1, 0.15) is 159 Å². The Morgan fingerprint density at radius 2 is 1.02 bits per heavy atom. The van der Waals surface area contributed by atoms with Gasteiger partial charge >= 0.3 is 88.1 Å². The molecule has 4 aromatic carbocycles. The van der Waals surface area contributed by atoms with Gasteiger partial charge in [-0.25, -0.2) is 0 Å². The van der Waals surface area contributed by atoms with E-state index in [0.29, 0.717) is 0 Å². The van der Waals surface area contributed by atoms with E-state index in [1.165, 1.54) is 126 Å². The third-order valence-electron chi connectivity index (χ3n) is 11.3. The Hall–Kier alpha value is -4.30. The first kappa shape index (κ1) is 49.4. The second-order valence-corrected chi connectivity index (χ2v) is 17.7. The van der Waals surface area contributed by atoms with Crippen molar-refractivity contribution in [3.63, 3.8) is 0 Å². The number of hydrogen-bond acceptors (Lipinski definition) is 4. The van der Waals surface area contributed by atoms with Gasteiger partial charge in [0.2, 0.25) is 0 Å². The van der Waals surface area contributed by atoms with E-state index in [9.17, 15) is 0 Å². The number of ether oxygens (including phenoxy) is 1. The van der Waals surface area contributed by atoms with Gasteiger partial charge in [-0.3, -0.25) is 9.98 Å². The molecule has 0 N–H and O–H groups in total. The second kappa shape index (κ2) is 29.1. The van der Waals surface area contributed by atoms with Gasteiger partial charge in [0.15, 0.2) is 0 Å². The van der Waals surface area contributed by atoms with E-state index in [0.717, 1.165) is 68.3 Å². The van der Waals surface area contributed by atoms with Crippen molar-refractivity contribution in [1.29, 1.82) is 0 Å². The van der Waals surface area contributed by atoms with Crippen molar-refractivity contribution in [2.75, 3.05) is 6.61 Å². The van der Waals surface area contributed by atoms with E-state index >= 15 is 0 Å². The van der Waals surface area contributed by atoms with Crippen LogP contribution in [0, 0.1) is 20.8 Å². The first-order chi connectivity index (χ1) is 29.8. The minimum atomic E-state index is 0.718. The Bertz CT molecular complexity index is 1940. The molecule has 4 nitrogen and oxygen atoms in total. The van der Waals surface area contributed by atoms with E-state index < -0.39 is 0 Å². The van der Waals surface area contributed by atoms with Gasteiger partial charge < -0.3 is 4.74 Å². The van der Waals surface area contributed by atoms with Crippen molar-refractivity contribution < 1.29 is 21.0 Å². The average molecular weight is 857 g/mol. The summed E-state index contributed by atoms with van der Waals surface area (Å²) in [6.07, 6.45) is 28.5. The molecule has 0 bridgehead atoms. The minimum absolute atomic E-state index is 0.718. The van der Waals surface area contributed by atoms with E-state index in [4.69, 9.17) is 9.73 Å². The molecule has 0 amide bonds. The molecule has 5 heteroatoms. The van der Waals surface area contributed by atoms with Crippen molar-refractivity contribution in [3.8, 4) is 28.0 Å². The molecule has 61 heavy (non-hydrogen) atoms. The molecule has 5 aromatic rings. The zero-order valence-electron chi connectivity index (χ0n) is 38.5. The van der Waals surface area contributed by atoms with Crippen LogP contribution in [0.25, 0.3) is 22.3 Å². The van der Waals surface area contributed by atoms with Crippen LogP contribution < -0.4 is 4.74 Å². The molecular formula is C56H74CrN3O. The second-order valence-electron chi connectivity index (χ2n) is 16.8. The molecule has 0 fully saturated rings. The van der Waals surface area contributed by atoms with Gasteiger partial charge in [0.25, 0.3) is 0 Å². The maximum absolute atomic E-state index is 6.69. The van der Waals surface area contributed by atoms with Gasteiger partial charge in [0.05, 0.1) is 12.3 Å². The van der Waals surface area contributed by atoms with E-state index in [1.807, 2.05) is 26.1 Å². The number of nitrogens with zero attached hydrogens (tertiary/aromatic N) is 3. The summed E-state index contributed by atoms with van der Waals surface area (Å²) in [5, 5.41) is 0. The van der Waals surface area contributed by atoms with Gasteiger partial charge in [-0.2, -0.15) is 0 Å². The Morgan fingerprint density at radius 1 is 0.557 bits per heavy atom. The van der Waals surface area contributed by atoms with Crippen LogP contribution in [0.15, 0.2) is 119 Å². The van der Waals surface area contributed by atoms with Crippen LogP contribution in [-0.2, 0) is 16.3 Å². The summed E-state index contributed by atoms with van der Waals surface area (Å²) in [6.45, 7) is 13.3. The molecule has 1 heterocycles. The summed E-state index contributed by atoms with van der Waals surface area (Å²) in [5.74, 6) is 0.942. The molecule has 0 aliphatic rings. The number of aromatic nitrogens is 1. The molecule has 0 radical (unpaired) electrons. The molecule has 0 saturated heterocycles. The quantitative estimate of drug-likeness (QED) is 0.0434. The summed E-state index contributed by atoms with van der Waals surface area (Å²) < 4.78 is 7.67. The first-order valence-electron chi connectivity index (χ1n) is 23.4. The molecule has 0 aliphatic heterocycles. The van der Waals surface area contributed by atoms with Crippen molar-refractivity contribution in [2.24, 2.45) is 9.98 Å². The Morgan fingerprint density at radius 3 is 1.44 bits per heavy atom. The van der Waals surface area contributed by atoms with E-state index in [2.05, 4.69) is 145 Å². The molecule has 0 spiro atoms. The van der Waals surface area contributed by atoms with Crippen LogP contribution in [0.5, 0.6) is 5.75 Å². The Kier molecular flexibility index (Phi) is 23.5. The molecule has 0 aliphatic carbocycles. The average Bonchev–Trinajstić information content (AvgIpc) is 3.27. The summed E-state index contributed by atoms with van der Waals surface area (Å²) >= 11 is 2.91. The van der Waals surface area contributed by atoms with Gasteiger partial charge in [-0.1, -0.05) is 183 Å². The van der Waals surface area contributed by atoms with Gasteiger partial charge in [-0.05, 0) is 42.7 Å². The first-order valence-corrected chi connectivity index (χ1v) is 24.1. The molecule has 0 unspecified atom stereocenters. The fourth-order valence-corrected chi connectivity index (χ4v) is 8.16. The molecule has 0 atom stereocenters. The Labute approximate surface area is 379 Å². The topological polar surface area (TPSA) is 46.8 Å². The summed E-state index contributed by atoms with van der Waals surface area (Å²) in [7, 11) is 0. The van der Waals surface area contributed by atoms with Crippen molar-refractivity contribution in [2.45, 2.75) is 157 Å². The zero-order valence-corrected chi connectivity index (χ0v) is 39.8.